The Morgan fingerprint density at radius 2 is 1.79 bits per heavy atom. The van der Waals surface area contributed by atoms with Crippen molar-refractivity contribution in [3.63, 3.8) is 0 Å². The van der Waals surface area contributed by atoms with E-state index in [1.54, 1.807) is 0 Å². The fraction of sp³-hybridized carbons (Fsp3) is 0.286. The van der Waals surface area contributed by atoms with Crippen LogP contribution in [0.1, 0.15) is 17.0 Å². The van der Waals surface area contributed by atoms with E-state index in [9.17, 15) is 0 Å². The first-order valence-corrected chi connectivity index (χ1v) is 8.64. The molecule has 3 nitrogen and oxygen atoms in total. The van der Waals surface area contributed by atoms with Crippen molar-refractivity contribution in [3.8, 4) is 0 Å². The van der Waals surface area contributed by atoms with Crippen LogP contribution < -0.4 is 5.73 Å². The third kappa shape index (κ3) is 3.05. The van der Waals surface area contributed by atoms with E-state index < -0.39 is 0 Å². The Morgan fingerprint density at radius 1 is 1.00 bits per heavy atom. The van der Waals surface area contributed by atoms with Gasteiger partial charge in [0.25, 0.3) is 0 Å². The van der Waals surface area contributed by atoms with Gasteiger partial charge in [0.2, 0.25) is 0 Å². The number of rotatable bonds is 4. The lowest BCUT2D eigenvalue weighted by Gasteiger charge is -2.17. The van der Waals surface area contributed by atoms with Crippen LogP contribution in [0.5, 0.6) is 0 Å². The van der Waals surface area contributed by atoms with Crippen LogP contribution in [-0.2, 0) is 6.54 Å². The van der Waals surface area contributed by atoms with E-state index in [0.717, 1.165) is 31.7 Å². The highest BCUT2D eigenvalue weighted by molar-refractivity contribution is 5.78. The number of pyridine rings is 1. The largest absolute Gasteiger partial charge is 0.330 e. The van der Waals surface area contributed by atoms with Crippen molar-refractivity contribution in [3.05, 3.63) is 78.0 Å². The van der Waals surface area contributed by atoms with Gasteiger partial charge >= 0.3 is 0 Å². The molecule has 122 valence electrons. The normalized spacial score (nSPS) is 21.4. The Morgan fingerprint density at radius 3 is 2.62 bits per heavy atom. The Balaban J connectivity index is 1.52. The van der Waals surface area contributed by atoms with Crippen molar-refractivity contribution in [1.82, 2.24) is 9.88 Å². The van der Waals surface area contributed by atoms with Crippen molar-refractivity contribution in [2.24, 2.45) is 11.7 Å². The Hall–Kier alpha value is -2.23. The first kappa shape index (κ1) is 15.3. The van der Waals surface area contributed by atoms with E-state index in [4.69, 9.17) is 5.73 Å². The lowest BCUT2D eigenvalue weighted by Crippen LogP contribution is -2.23. The monoisotopic (exact) mass is 317 g/mol. The van der Waals surface area contributed by atoms with Crippen LogP contribution in [0.15, 0.2) is 66.9 Å². The Kier molecular flexibility index (Phi) is 4.28. The molecule has 4 rings (SSSR count). The van der Waals surface area contributed by atoms with Gasteiger partial charge in [-0.05, 0) is 35.7 Å². The number of nitrogens with two attached hydrogens (primary N) is 1. The van der Waals surface area contributed by atoms with Gasteiger partial charge in [0.15, 0.2) is 0 Å². The van der Waals surface area contributed by atoms with Crippen LogP contribution in [-0.4, -0.2) is 29.5 Å². The lowest BCUT2D eigenvalue weighted by molar-refractivity contribution is 0.316. The molecule has 0 radical (unpaired) electrons. The van der Waals surface area contributed by atoms with Crippen LogP contribution in [0.2, 0.25) is 0 Å². The highest BCUT2D eigenvalue weighted by Gasteiger charge is 2.32. The average Bonchev–Trinajstić information content (AvgIpc) is 3.05. The molecule has 2 aromatic carbocycles. The molecule has 0 spiro atoms. The van der Waals surface area contributed by atoms with E-state index in [1.807, 2.05) is 12.3 Å². The van der Waals surface area contributed by atoms with Gasteiger partial charge in [-0.15, -0.1) is 0 Å². The van der Waals surface area contributed by atoms with Crippen molar-refractivity contribution in [2.45, 2.75) is 12.5 Å². The van der Waals surface area contributed by atoms with Crippen molar-refractivity contribution in [2.75, 3.05) is 19.6 Å². The van der Waals surface area contributed by atoms with Gasteiger partial charge in [-0.3, -0.25) is 9.88 Å². The number of nitrogens with zero attached hydrogens (tertiary/aromatic N) is 2. The zero-order valence-electron chi connectivity index (χ0n) is 13.8. The van der Waals surface area contributed by atoms with Crippen LogP contribution in [0.4, 0.5) is 0 Å². The third-order valence-electron chi connectivity index (χ3n) is 5.10. The maximum absolute atomic E-state index is 6.05. The number of likely N-dealkylation sites (tertiary alicyclic amines) is 1. The fourth-order valence-corrected chi connectivity index (χ4v) is 3.87. The molecule has 1 fully saturated rings. The minimum absolute atomic E-state index is 0.529. The van der Waals surface area contributed by atoms with E-state index >= 15 is 0 Å². The van der Waals surface area contributed by atoms with Gasteiger partial charge in [0, 0.05) is 37.1 Å². The highest BCUT2D eigenvalue weighted by Crippen LogP contribution is 2.32. The number of hydrogen-bond acceptors (Lipinski definition) is 3. The summed E-state index contributed by atoms with van der Waals surface area (Å²) in [7, 11) is 0. The van der Waals surface area contributed by atoms with Crippen molar-refractivity contribution in [1.29, 1.82) is 0 Å². The average molecular weight is 317 g/mol. The molecule has 0 amide bonds. The smallest absolute Gasteiger partial charge is 0.0702 e. The fourth-order valence-electron chi connectivity index (χ4n) is 3.87. The highest BCUT2D eigenvalue weighted by atomic mass is 15.2. The minimum atomic E-state index is 0.529. The first-order valence-electron chi connectivity index (χ1n) is 8.64. The predicted molar refractivity (Wildman–Crippen MR) is 98.7 cm³/mol. The molecular weight excluding hydrogens is 294 g/mol. The van der Waals surface area contributed by atoms with Crippen molar-refractivity contribution < 1.29 is 0 Å². The summed E-state index contributed by atoms with van der Waals surface area (Å²) in [6, 6.07) is 21.3. The summed E-state index contributed by atoms with van der Waals surface area (Å²) in [6.07, 6.45) is 2.01. The summed E-state index contributed by atoms with van der Waals surface area (Å²) >= 11 is 0. The second-order valence-corrected chi connectivity index (χ2v) is 6.74. The number of hydrogen-bond donors (Lipinski definition) is 1. The van der Waals surface area contributed by atoms with Gasteiger partial charge in [-0.2, -0.15) is 0 Å². The van der Waals surface area contributed by atoms with Crippen molar-refractivity contribution >= 4 is 10.9 Å². The summed E-state index contributed by atoms with van der Waals surface area (Å²) < 4.78 is 0. The van der Waals surface area contributed by atoms with Gasteiger partial charge in [0.05, 0.1) is 5.52 Å². The molecule has 1 aliphatic rings. The lowest BCUT2D eigenvalue weighted by atomic mass is 9.89. The SMILES string of the molecule is NC[C@@H]1CN(Cc2cnc3ccccc3c2)C[C@H]1c1ccccc1. The summed E-state index contributed by atoms with van der Waals surface area (Å²) in [5.41, 5.74) is 9.80. The summed E-state index contributed by atoms with van der Waals surface area (Å²) in [4.78, 5) is 7.10. The first-order chi connectivity index (χ1) is 11.8. The summed E-state index contributed by atoms with van der Waals surface area (Å²) in [6.45, 7) is 3.81. The Labute approximate surface area is 143 Å². The van der Waals surface area contributed by atoms with Crippen LogP contribution in [0.25, 0.3) is 10.9 Å². The van der Waals surface area contributed by atoms with Crippen LogP contribution in [0.3, 0.4) is 0 Å². The molecule has 2 atom stereocenters. The molecule has 24 heavy (non-hydrogen) atoms. The molecule has 3 heteroatoms. The van der Waals surface area contributed by atoms with E-state index in [-0.39, 0.29) is 0 Å². The zero-order chi connectivity index (χ0) is 16.4. The van der Waals surface area contributed by atoms with Gasteiger partial charge < -0.3 is 5.73 Å². The standard InChI is InChI=1S/C21H23N3/c22-11-19-14-24(15-20(19)17-6-2-1-3-7-17)13-16-10-18-8-4-5-9-21(18)23-12-16/h1-10,12,19-20H,11,13-15,22H2/t19-,20+/m1/s1. The number of fused-ring (bicyclic) bond motifs is 1. The van der Waals surface area contributed by atoms with Gasteiger partial charge in [0.1, 0.15) is 0 Å². The molecule has 0 unspecified atom stereocenters. The molecule has 1 aromatic heterocycles. The molecule has 2 N–H and O–H groups in total. The van der Waals surface area contributed by atoms with Crippen LogP contribution in [0, 0.1) is 5.92 Å². The zero-order valence-corrected chi connectivity index (χ0v) is 13.8. The molecular formula is C21H23N3. The molecule has 0 saturated carbocycles. The minimum Gasteiger partial charge on any atom is -0.330 e. The van der Waals surface area contributed by atoms with E-state index in [1.165, 1.54) is 16.5 Å². The maximum atomic E-state index is 6.05. The number of aromatic nitrogens is 1. The van der Waals surface area contributed by atoms with E-state index in [0.29, 0.717) is 11.8 Å². The molecule has 0 bridgehead atoms. The summed E-state index contributed by atoms with van der Waals surface area (Å²) in [5, 5.41) is 1.21. The van der Waals surface area contributed by atoms with Gasteiger partial charge in [-0.1, -0.05) is 48.5 Å². The molecule has 2 heterocycles. The number of benzene rings is 2. The predicted octanol–water partition coefficient (Wildman–Crippen LogP) is 3.41. The Bertz CT molecular complexity index is 815. The molecule has 0 aliphatic carbocycles. The molecule has 1 saturated heterocycles. The molecule has 1 aliphatic heterocycles. The maximum Gasteiger partial charge on any atom is 0.0702 e. The second-order valence-electron chi connectivity index (χ2n) is 6.74. The summed E-state index contributed by atoms with van der Waals surface area (Å²) in [5.74, 6) is 1.06. The molecule has 3 aromatic rings. The quantitative estimate of drug-likeness (QED) is 0.802. The number of para-hydroxylation sites is 1. The van der Waals surface area contributed by atoms with Crippen LogP contribution >= 0.6 is 0 Å². The topological polar surface area (TPSA) is 42.1 Å². The second kappa shape index (κ2) is 6.71. The van der Waals surface area contributed by atoms with E-state index in [2.05, 4.69) is 64.5 Å². The third-order valence-corrected chi connectivity index (χ3v) is 5.10. The van der Waals surface area contributed by atoms with Gasteiger partial charge in [-0.25, -0.2) is 0 Å².